The summed E-state index contributed by atoms with van der Waals surface area (Å²) in [5.41, 5.74) is 1.26. The van der Waals surface area contributed by atoms with Crippen molar-refractivity contribution < 1.29 is 19.1 Å². The first kappa shape index (κ1) is 19.2. The van der Waals surface area contributed by atoms with Crippen molar-refractivity contribution in [3.05, 3.63) is 60.2 Å². The number of hydrogen-bond acceptors (Lipinski definition) is 5. The van der Waals surface area contributed by atoms with Crippen LogP contribution in [0, 0.1) is 0 Å². The highest BCUT2D eigenvalue weighted by Gasteiger charge is 2.21. The summed E-state index contributed by atoms with van der Waals surface area (Å²) < 4.78 is 5.08. The van der Waals surface area contributed by atoms with Crippen molar-refractivity contribution in [2.75, 3.05) is 23.8 Å². The maximum absolute atomic E-state index is 12.2. The molecule has 2 aromatic carbocycles. The van der Waals surface area contributed by atoms with Crippen LogP contribution in [0.5, 0.6) is 0 Å². The molecular formula is C21H21NO4S. The molecule has 1 aliphatic heterocycles. The summed E-state index contributed by atoms with van der Waals surface area (Å²) in [6, 6.07) is 16.7. The molecule has 1 aliphatic rings. The summed E-state index contributed by atoms with van der Waals surface area (Å²) >= 11 is 1.58. The molecule has 2 aromatic rings. The zero-order valence-electron chi connectivity index (χ0n) is 14.9. The highest BCUT2D eigenvalue weighted by atomic mass is 32.2. The second-order valence-electron chi connectivity index (χ2n) is 6.19. The first-order valence-corrected chi connectivity index (χ1v) is 9.89. The zero-order valence-corrected chi connectivity index (χ0v) is 15.7. The van der Waals surface area contributed by atoms with Crippen LogP contribution >= 0.6 is 11.8 Å². The van der Waals surface area contributed by atoms with Crippen molar-refractivity contribution in [3.63, 3.8) is 0 Å². The number of ether oxygens (including phenoxy) is 1. The minimum Gasteiger partial charge on any atom is -0.457 e. The van der Waals surface area contributed by atoms with E-state index in [1.807, 2.05) is 30.3 Å². The van der Waals surface area contributed by atoms with Crippen LogP contribution in [-0.4, -0.2) is 36.6 Å². The van der Waals surface area contributed by atoms with Crippen LogP contribution in [0.25, 0.3) is 0 Å². The van der Waals surface area contributed by atoms with Crippen molar-refractivity contribution in [2.45, 2.75) is 24.2 Å². The van der Waals surface area contributed by atoms with Crippen molar-refractivity contribution in [2.24, 2.45) is 0 Å². The quantitative estimate of drug-likeness (QED) is 0.395. The third kappa shape index (κ3) is 5.44. The van der Waals surface area contributed by atoms with Crippen molar-refractivity contribution in [1.82, 2.24) is 0 Å². The molecule has 6 heteroatoms. The van der Waals surface area contributed by atoms with Crippen LogP contribution in [-0.2, 0) is 14.3 Å². The van der Waals surface area contributed by atoms with Gasteiger partial charge in [-0.3, -0.25) is 14.4 Å². The molecule has 0 N–H and O–H groups in total. The second kappa shape index (κ2) is 9.37. The van der Waals surface area contributed by atoms with E-state index in [9.17, 15) is 14.4 Å². The molecule has 140 valence electrons. The molecule has 0 spiro atoms. The predicted octanol–water partition coefficient (Wildman–Crippen LogP) is 3.72. The lowest BCUT2D eigenvalue weighted by Gasteiger charge is -2.15. The summed E-state index contributed by atoms with van der Waals surface area (Å²) in [7, 11) is 0. The van der Waals surface area contributed by atoms with Gasteiger partial charge in [-0.05, 0) is 42.8 Å². The standard InChI is InChI=1S/C21H21NO4S/c23-19(15-26-21(25)12-14-27-18-5-2-1-3-6-18)16-8-10-17(11-9-16)22-13-4-7-20(22)24/h1-3,5-6,8-11H,4,7,12-15H2. The van der Waals surface area contributed by atoms with Gasteiger partial charge in [0.1, 0.15) is 0 Å². The van der Waals surface area contributed by atoms with Gasteiger partial charge in [-0.15, -0.1) is 11.8 Å². The molecule has 27 heavy (non-hydrogen) atoms. The number of carbonyl (C=O) groups is 3. The molecule has 1 saturated heterocycles. The number of hydrogen-bond donors (Lipinski definition) is 0. The smallest absolute Gasteiger partial charge is 0.307 e. The van der Waals surface area contributed by atoms with Crippen LogP contribution in [0.4, 0.5) is 5.69 Å². The highest BCUT2D eigenvalue weighted by Crippen LogP contribution is 2.22. The third-order valence-electron chi connectivity index (χ3n) is 4.26. The Morgan fingerprint density at radius 2 is 1.78 bits per heavy atom. The van der Waals surface area contributed by atoms with E-state index in [4.69, 9.17) is 4.74 Å². The van der Waals surface area contributed by atoms with Crippen molar-refractivity contribution in [3.8, 4) is 0 Å². The average Bonchev–Trinajstić information content (AvgIpc) is 3.13. The number of Topliss-reactive ketones (excluding diaryl/α,β-unsaturated/α-hetero) is 1. The number of nitrogens with zero attached hydrogens (tertiary/aromatic N) is 1. The SMILES string of the molecule is O=C(CCSc1ccccc1)OCC(=O)c1ccc(N2CCCC2=O)cc1. The fraction of sp³-hybridized carbons (Fsp3) is 0.286. The lowest BCUT2D eigenvalue weighted by atomic mass is 10.1. The van der Waals surface area contributed by atoms with Crippen LogP contribution in [0.15, 0.2) is 59.5 Å². The summed E-state index contributed by atoms with van der Waals surface area (Å²) in [5.74, 6) is 0.0797. The molecule has 0 bridgehead atoms. The Morgan fingerprint density at radius 3 is 2.44 bits per heavy atom. The summed E-state index contributed by atoms with van der Waals surface area (Å²) in [6.45, 7) is 0.446. The molecule has 0 aliphatic carbocycles. The van der Waals surface area contributed by atoms with E-state index in [0.717, 1.165) is 17.0 Å². The van der Waals surface area contributed by atoms with Gasteiger partial charge in [-0.2, -0.15) is 0 Å². The first-order chi connectivity index (χ1) is 13.1. The van der Waals surface area contributed by atoms with Crippen molar-refractivity contribution in [1.29, 1.82) is 0 Å². The average molecular weight is 383 g/mol. The number of rotatable bonds is 8. The fourth-order valence-corrected chi connectivity index (χ4v) is 3.67. The molecule has 3 rings (SSSR count). The monoisotopic (exact) mass is 383 g/mol. The lowest BCUT2D eigenvalue weighted by molar-refractivity contribution is -0.142. The largest absolute Gasteiger partial charge is 0.457 e. The van der Waals surface area contributed by atoms with Crippen LogP contribution in [0.2, 0.25) is 0 Å². The minimum absolute atomic E-state index is 0.108. The predicted molar refractivity (Wildman–Crippen MR) is 105 cm³/mol. The topological polar surface area (TPSA) is 63.7 Å². The number of esters is 1. The van der Waals surface area contributed by atoms with E-state index >= 15 is 0 Å². The first-order valence-electron chi connectivity index (χ1n) is 8.90. The Hall–Kier alpha value is -2.60. The second-order valence-corrected chi connectivity index (χ2v) is 7.36. The van der Waals surface area contributed by atoms with Crippen LogP contribution < -0.4 is 4.90 Å². The maximum Gasteiger partial charge on any atom is 0.307 e. The number of thioether (sulfide) groups is 1. The van der Waals surface area contributed by atoms with Gasteiger partial charge in [-0.25, -0.2) is 0 Å². The number of ketones is 1. The summed E-state index contributed by atoms with van der Waals surface area (Å²) in [4.78, 5) is 38.5. The Balaban J connectivity index is 1.42. The molecule has 0 unspecified atom stereocenters. The van der Waals surface area contributed by atoms with E-state index in [-0.39, 0.29) is 30.7 Å². The van der Waals surface area contributed by atoms with Gasteiger partial charge >= 0.3 is 5.97 Å². The Labute approximate surface area is 162 Å². The Morgan fingerprint density at radius 1 is 1.04 bits per heavy atom. The molecule has 0 radical (unpaired) electrons. The van der Waals surface area contributed by atoms with E-state index in [0.29, 0.717) is 24.3 Å². The molecular weight excluding hydrogens is 362 g/mol. The normalized spacial score (nSPS) is 13.6. The summed E-state index contributed by atoms with van der Waals surface area (Å²) in [6.07, 6.45) is 1.68. The highest BCUT2D eigenvalue weighted by molar-refractivity contribution is 7.99. The molecule has 1 fully saturated rings. The van der Waals surface area contributed by atoms with Gasteiger partial charge < -0.3 is 9.64 Å². The fourth-order valence-electron chi connectivity index (χ4n) is 2.82. The summed E-state index contributed by atoms with van der Waals surface area (Å²) in [5, 5.41) is 0. The van der Waals surface area contributed by atoms with Gasteiger partial charge in [0.2, 0.25) is 5.91 Å². The van der Waals surface area contributed by atoms with Crippen LogP contribution in [0.1, 0.15) is 29.6 Å². The Kier molecular flexibility index (Phi) is 6.65. The molecule has 0 aromatic heterocycles. The maximum atomic E-state index is 12.2. The minimum atomic E-state index is -0.383. The third-order valence-corrected chi connectivity index (χ3v) is 5.27. The lowest BCUT2D eigenvalue weighted by Crippen LogP contribution is -2.23. The van der Waals surface area contributed by atoms with E-state index in [2.05, 4.69) is 0 Å². The van der Waals surface area contributed by atoms with Gasteiger partial charge in [0.15, 0.2) is 12.4 Å². The van der Waals surface area contributed by atoms with Crippen molar-refractivity contribution >= 4 is 35.1 Å². The molecule has 1 amide bonds. The van der Waals surface area contributed by atoms with E-state index < -0.39 is 0 Å². The number of benzene rings is 2. The molecule has 1 heterocycles. The van der Waals surface area contributed by atoms with Gasteiger partial charge in [0.05, 0.1) is 6.42 Å². The molecule has 5 nitrogen and oxygen atoms in total. The number of amides is 1. The number of carbonyl (C=O) groups excluding carboxylic acids is 3. The van der Waals surface area contributed by atoms with Gasteiger partial charge in [0, 0.05) is 34.9 Å². The van der Waals surface area contributed by atoms with Crippen LogP contribution in [0.3, 0.4) is 0 Å². The Bertz CT molecular complexity index is 805. The van der Waals surface area contributed by atoms with Gasteiger partial charge in [-0.1, -0.05) is 18.2 Å². The number of anilines is 1. The van der Waals surface area contributed by atoms with Gasteiger partial charge in [0.25, 0.3) is 0 Å². The molecule has 0 atom stereocenters. The van der Waals surface area contributed by atoms with E-state index in [1.54, 1.807) is 40.9 Å². The van der Waals surface area contributed by atoms with E-state index in [1.165, 1.54) is 0 Å². The molecule has 0 saturated carbocycles. The zero-order chi connectivity index (χ0) is 19.1.